The molecule has 2 aromatic heterocycles. The lowest BCUT2D eigenvalue weighted by molar-refractivity contribution is 0.0919. The number of aryl methyl sites for hydroxylation is 2. The van der Waals surface area contributed by atoms with Crippen LogP contribution in [-0.4, -0.2) is 22.5 Å². The Labute approximate surface area is 162 Å². The minimum atomic E-state index is -0.281. The molecule has 0 unspecified atom stereocenters. The van der Waals surface area contributed by atoms with E-state index in [0.29, 0.717) is 29.6 Å². The number of nitrogens with one attached hydrogen (secondary N) is 1. The first-order valence-corrected chi connectivity index (χ1v) is 8.89. The van der Waals surface area contributed by atoms with Gasteiger partial charge in [-0.25, -0.2) is 0 Å². The minimum Gasteiger partial charge on any atom is -0.486 e. The number of benzene rings is 1. The Bertz CT molecular complexity index is 1020. The fourth-order valence-corrected chi connectivity index (χ4v) is 3.03. The highest BCUT2D eigenvalue weighted by Crippen LogP contribution is 2.35. The third kappa shape index (κ3) is 3.53. The zero-order chi connectivity index (χ0) is 19.7. The molecule has 8 nitrogen and oxygen atoms in total. The fourth-order valence-electron chi connectivity index (χ4n) is 3.03. The number of aromatic nitrogens is 2. The summed E-state index contributed by atoms with van der Waals surface area (Å²) in [5.41, 5.74) is 2.93. The van der Waals surface area contributed by atoms with Gasteiger partial charge in [-0.1, -0.05) is 0 Å². The Balaban J connectivity index is 1.34. The first-order chi connectivity index (χ1) is 13.5. The number of rotatable bonds is 6. The normalized spacial score (nSPS) is 12.2. The summed E-state index contributed by atoms with van der Waals surface area (Å²) in [4.78, 5) is 12.4. The molecule has 0 aliphatic carbocycles. The van der Waals surface area contributed by atoms with Gasteiger partial charge < -0.3 is 23.9 Å². The lowest BCUT2D eigenvalue weighted by Gasteiger charge is -2.06. The molecule has 1 aliphatic rings. The maximum absolute atomic E-state index is 12.4. The first-order valence-electron chi connectivity index (χ1n) is 8.89. The quantitative estimate of drug-likeness (QED) is 0.704. The van der Waals surface area contributed by atoms with Crippen LogP contribution < -0.4 is 19.5 Å². The molecule has 28 heavy (non-hydrogen) atoms. The Morgan fingerprint density at radius 1 is 1.21 bits per heavy atom. The highest BCUT2D eigenvalue weighted by molar-refractivity contribution is 5.91. The summed E-state index contributed by atoms with van der Waals surface area (Å²) in [5, 5.41) is 7.22. The average molecular weight is 383 g/mol. The van der Waals surface area contributed by atoms with E-state index in [1.165, 1.54) is 0 Å². The Kier molecular flexibility index (Phi) is 4.68. The van der Waals surface area contributed by atoms with Crippen molar-refractivity contribution < 1.29 is 23.4 Å². The number of carbonyl (C=O) groups excluding carboxylic acids is 1. The van der Waals surface area contributed by atoms with E-state index in [9.17, 15) is 4.79 Å². The number of nitrogens with zero attached hydrogens (tertiary/aromatic N) is 2. The van der Waals surface area contributed by atoms with Gasteiger partial charge in [0, 0.05) is 30.9 Å². The van der Waals surface area contributed by atoms with Crippen molar-refractivity contribution in [2.45, 2.75) is 27.0 Å². The molecule has 0 atom stereocenters. The summed E-state index contributed by atoms with van der Waals surface area (Å²) in [6.45, 7) is 4.71. The molecule has 4 rings (SSSR count). The predicted molar refractivity (Wildman–Crippen MR) is 99.5 cm³/mol. The molecular formula is C20H21N3O5. The molecule has 1 aliphatic heterocycles. The largest absolute Gasteiger partial charge is 0.486 e. The molecule has 1 amide bonds. The second-order valence-corrected chi connectivity index (χ2v) is 6.53. The van der Waals surface area contributed by atoms with Crippen molar-refractivity contribution in [3.8, 4) is 17.2 Å². The van der Waals surface area contributed by atoms with Crippen molar-refractivity contribution >= 4 is 5.91 Å². The third-order valence-corrected chi connectivity index (χ3v) is 4.70. The van der Waals surface area contributed by atoms with Gasteiger partial charge >= 0.3 is 0 Å². The van der Waals surface area contributed by atoms with Crippen LogP contribution in [0.4, 0.5) is 0 Å². The van der Waals surface area contributed by atoms with E-state index in [1.54, 1.807) is 35.0 Å². The molecule has 1 aromatic carbocycles. The summed E-state index contributed by atoms with van der Waals surface area (Å²) < 4.78 is 23.7. The van der Waals surface area contributed by atoms with Crippen LogP contribution in [0, 0.1) is 13.8 Å². The van der Waals surface area contributed by atoms with E-state index in [4.69, 9.17) is 18.6 Å². The maximum Gasteiger partial charge on any atom is 0.287 e. The molecule has 0 bridgehead atoms. The number of ether oxygens (including phenoxy) is 3. The number of hydrogen-bond acceptors (Lipinski definition) is 6. The summed E-state index contributed by atoms with van der Waals surface area (Å²) in [6.07, 6.45) is 0. The molecular weight excluding hydrogens is 362 g/mol. The second kappa shape index (κ2) is 7.30. The summed E-state index contributed by atoms with van der Waals surface area (Å²) in [7, 11) is 1.88. The number of hydrogen-bond donors (Lipinski definition) is 1. The van der Waals surface area contributed by atoms with Crippen molar-refractivity contribution in [3.05, 3.63) is 58.8 Å². The summed E-state index contributed by atoms with van der Waals surface area (Å²) >= 11 is 0. The number of fused-ring (bicyclic) bond motifs is 1. The van der Waals surface area contributed by atoms with Crippen molar-refractivity contribution in [1.29, 1.82) is 0 Å². The average Bonchev–Trinajstić information content (AvgIpc) is 3.39. The minimum absolute atomic E-state index is 0.202. The van der Waals surface area contributed by atoms with E-state index in [-0.39, 0.29) is 25.1 Å². The molecule has 0 saturated heterocycles. The van der Waals surface area contributed by atoms with Gasteiger partial charge in [0.1, 0.15) is 18.1 Å². The van der Waals surface area contributed by atoms with Gasteiger partial charge in [0.15, 0.2) is 17.3 Å². The molecule has 3 aromatic rings. The molecule has 0 saturated carbocycles. The summed E-state index contributed by atoms with van der Waals surface area (Å²) in [6, 6.07) is 8.71. The van der Waals surface area contributed by atoms with E-state index in [2.05, 4.69) is 10.4 Å². The Morgan fingerprint density at radius 2 is 2.04 bits per heavy atom. The van der Waals surface area contributed by atoms with Crippen LogP contribution in [0.2, 0.25) is 0 Å². The van der Waals surface area contributed by atoms with Crippen LogP contribution in [0.5, 0.6) is 17.2 Å². The van der Waals surface area contributed by atoms with Crippen LogP contribution in [0.15, 0.2) is 34.7 Å². The maximum atomic E-state index is 12.4. The lowest BCUT2D eigenvalue weighted by atomic mass is 10.2. The fraction of sp³-hybridized carbons (Fsp3) is 0.300. The highest BCUT2D eigenvalue weighted by atomic mass is 16.7. The van der Waals surface area contributed by atoms with Gasteiger partial charge in [-0.2, -0.15) is 5.10 Å². The monoisotopic (exact) mass is 383 g/mol. The van der Waals surface area contributed by atoms with Gasteiger partial charge in [-0.05, 0) is 38.1 Å². The van der Waals surface area contributed by atoms with E-state index in [1.807, 2.05) is 20.9 Å². The molecule has 0 radical (unpaired) electrons. The molecule has 8 heteroatoms. The zero-order valence-corrected chi connectivity index (χ0v) is 15.9. The van der Waals surface area contributed by atoms with Gasteiger partial charge in [-0.15, -0.1) is 0 Å². The smallest absolute Gasteiger partial charge is 0.287 e. The van der Waals surface area contributed by atoms with E-state index >= 15 is 0 Å². The molecule has 146 valence electrons. The van der Waals surface area contributed by atoms with Crippen molar-refractivity contribution in [2.75, 3.05) is 6.79 Å². The number of furan rings is 1. The topological polar surface area (TPSA) is 87.8 Å². The number of carbonyl (C=O) groups is 1. The Morgan fingerprint density at radius 3 is 2.82 bits per heavy atom. The third-order valence-electron chi connectivity index (χ3n) is 4.70. The van der Waals surface area contributed by atoms with Gasteiger partial charge in [-0.3, -0.25) is 9.48 Å². The van der Waals surface area contributed by atoms with Gasteiger partial charge in [0.05, 0.1) is 5.69 Å². The molecule has 3 heterocycles. The van der Waals surface area contributed by atoms with Crippen molar-refractivity contribution in [2.24, 2.45) is 7.05 Å². The number of amides is 1. The van der Waals surface area contributed by atoms with Crippen LogP contribution in [-0.2, 0) is 20.2 Å². The highest BCUT2D eigenvalue weighted by Gasteiger charge is 2.16. The van der Waals surface area contributed by atoms with Crippen LogP contribution in [0.25, 0.3) is 0 Å². The second-order valence-electron chi connectivity index (χ2n) is 6.53. The van der Waals surface area contributed by atoms with E-state index in [0.717, 1.165) is 17.0 Å². The lowest BCUT2D eigenvalue weighted by Crippen LogP contribution is -2.23. The molecule has 1 N–H and O–H groups in total. The standard InChI is InChI=1S/C20H21N3O5/c1-12-16(13(2)23(3)22-12)9-21-20(24)18-7-5-15(28-18)10-25-14-4-6-17-19(8-14)27-11-26-17/h4-8H,9-11H2,1-3H3,(H,21,24). The Hall–Kier alpha value is -3.42. The van der Waals surface area contributed by atoms with Crippen LogP contribution >= 0.6 is 0 Å². The van der Waals surface area contributed by atoms with Crippen molar-refractivity contribution in [3.63, 3.8) is 0 Å². The molecule has 0 spiro atoms. The van der Waals surface area contributed by atoms with E-state index < -0.39 is 0 Å². The van der Waals surface area contributed by atoms with Crippen LogP contribution in [0.1, 0.15) is 33.3 Å². The van der Waals surface area contributed by atoms with Gasteiger partial charge in [0.2, 0.25) is 6.79 Å². The zero-order valence-electron chi connectivity index (χ0n) is 15.9. The predicted octanol–water partition coefficient (Wildman–Crippen LogP) is 2.87. The van der Waals surface area contributed by atoms with Crippen LogP contribution in [0.3, 0.4) is 0 Å². The SMILES string of the molecule is Cc1nn(C)c(C)c1CNC(=O)c1ccc(COc2ccc3c(c2)OCO3)o1. The first kappa shape index (κ1) is 18.0. The molecule has 0 fully saturated rings. The summed E-state index contributed by atoms with van der Waals surface area (Å²) in [5.74, 6) is 2.49. The van der Waals surface area contributed by atoms with Gasteiger partial charge in [0.25, 0.3) is 5.91 Å². The van der Waals surface area contributed by atoms with Crippen molar-refractivity contribution in [1.82, 2.24) is 15.1 Å².